The number of hydrogen-bond donors (Lipinski definition) is 0. The van der Waals surface area contributed by atoms with E-state index in [0.717, 1.165) is 33.3 Å². The van der Waals surface area contributed by atoms with Crippen LogP contribution in [0.2, 0.25) is 0 Å². The van der Waals surface area contributed by atoms with Crippen molar-refractivity contribution in [2.75, 3.05) is 0 Å². The Kier molecular flexibility index (Phi) is 2.84. The molecule has 0 saturated heterocycles. The zero-order valence-corrected chi connectivity index (χ0v) is 11.1. The molecular formula is C15H10BrNO. The van der Waals surface area contributed by atoms with Gasteiger partial charge in [0.05, 0.1) is 5.69 Å². The molecule has 2 nitrogen and oxygen atoms in total. The van der Waals surface area contributed by atoms with Gasteiger partial charge in [-0.2, -0.15) is 0 Å². The van der Waals surface area contributed by atoms with Gasteiger partial charge in [0.1, 0.15) is 0 Å². The Morgan fingerprint density at radius 2 is 2.00 bits per heavy atom. The van der Waals surface area contributed by atoms with Gasteiger partial charge in [0.15, 0.2) is 5.78 Å². The lowest BCUT2D eigenvalue weighted by atomic mass is 10.00. The summed E-state index contributed by atoms with van der Waals surface area (Å²) in [6, 6.07) is 11.3. The lowest BCUT2D eigenvalue weighted by Gasteiger charge is -2.05. The molecule has 88 valence electrons. The predicted molar refractivity (Wildman–Crippen MR) is 74.4 cm³/mol. The van der Waals surface area contributed by atoms with Crippen LogP contribution in [0.4, 0.5) is 0 Å². The van der Waals surface area contributed by atoms with Gasteiger partial charge in [-0.3, -0.25) is 9.78 Å². The quantitative estimate of drug-likeness (QED) is 0.792. The highest BCUT2D eigenvalue weighted by atomic mass is 79.9. The van der Waals surface area contributed by atoms with Gasteiger partial charge >= 0.3 is 0 Å². The number of fused-ring (bicyclic) bond motifs is 1. The first-order chi connectivity index (χ1) is 8.75. The van der Waals surface area contributed by atoms with E-state index in [1.807, 2.05) is 42.5 Å². The molecule has 1 aromatic heterocycles. The molecule has 0 radical (unpaired) electrons. The highest BCUT2D eigenvalue weighted by Gasteiger charge is 2.22. The molecule has 0 spiro atoms. The van der Waals surface area contributed by atoms with E-state index in [4.69, 9.17) is 0 Å². The molecule has 1 aliphatic rings. The number of pyridine rings is 1. The number of aromatic nitrogens is 1. The van der Waals surface area contributed by atoms with Crippen molar-refractivity contribution < 1.29 is 4.79 Å². The lowest BCUT2D eigenvalue weighted by Crippen LogP contribution is -2.01. The van der Waals surface area contributed by atoms with Crippen LogP contribution in [0, 0.1) is 0 Å². The topological polar surface area (TPSA) is 30.0 Å². The molecule has 3 rings (SSSR count). The van der Waals surface area contributed by atoms with Gasteiger partial charge in [-0.1, -0.05) is 36.4 Å². The maximum Gasteiger partial charge on any atom is 0.193 e. The van der Waals surface area contributed by atoms with Crippen molar-refractivity contribution in [3.63, 3.8) is 0 Å². The van der Waals surface area contributed by atoms with Crippen molar-refractivity contribution in [1.29, 1.82) is 0 Å². The Hall–Kier alpha value is -1.74. The average Bonchev–Trinajstić information content (AvgIpc) is 2.82. The molecule has 0 fully saturated rings. The van der Waals surface area contributed by atoms with E-state index < -0.39 is 0 Å². The molecule has 3 heteroatoms. The third kappa shape index (κ3) is 1.91. The molecule has 0 saturated carbocycles. The molecule has 0 aliphatic heterocycles. The predicted octanol–water partition coefficient (Wildman–Crippen LogP) is 3.67. The second-order valence-electron chi connectivity index (χ2n) is 4.16. The highest BCUT2D eigenvalue weighted by Crippen LogP contribution is 2.30. The minimum Gasteiger partial charge on any atom is -0.289 e. The lowest BCUT2D eigenvalue weighted by molar-refractivity contribution is 0.105. The van der Waals surface area contributed by atoms with Crippen LogP contribution in [0.15, 0.2) is 53.1 Å². The Labute approximate surface area is 114 Å². The summed E-state index contributed by atoms with van der Waals surface area (Å²) in [5, 5.41) is 0. The summed E-state index contributed by atoms with van der Waals surface area (Å²) in [5.74, 6) is 0.0641. The van der Waals surface area contributed by atoms with E-state index in [2.05, 4.69) is 20.9 Å². The second-order valence-corrected chi connectivity index (χ2v) is 5.08. The molecule has 1 aromatic carbocycles. The fraction of sp³-hybridized carbons (Fsp3) is 0.0667. The van der Waals surface area contributed by atoms with Gasteiger partial charge < -0.3 is 0 Å². The molecule has 0 unspecified atom stereocenters. The molecule has 18 heavy (non-hydrogen) atoms. The number of rotatable bonds is 2. The standard InChI is InChI=1S/C15H10BrNO/c16-11-8-13-12(6-7-14(13)17-9-11)15(18)10-4-2-1-3-5-10/h1-6,8-9H,7H2. The number of ketones is 1. The van der Waals surface area contributed by atoms with E-state index in [-0.39, 0.29) is 5.78 Å². The fourth-order valence-electron chi connectivity index (χ4n) is 2.13. The Bertz CT molecular complexity index is 647. The largest absolute Gasteiger partial charge is 0.289 e. The number of benzene rings is 1. The van der Waals surface area contributed by atoms with E-state index in [1.165, 1.54) is 0 Å². The summed E-state index contributed by atoms with van der Waals surface area (Å²) in [6.07, 6.45) is 4.46. The molecule has 0 bridgehead atoms. The molecule has 1 heterocycles. The Morgan fingerprint density at radius 3 is 2.78 bits per heavy atom. The van der Waals surface area contributed by atoms with Crippen LogP contribution in [0.3, 0.4) is 0 Å². The summed E-state index contributed by atoms with van der Waals surface area (Å²) >= 11 is 3.40. The van der Waals surface area contributed by atoms with Gasteiger partial charge in [-0.25, -0.2) is 0 Å². The molecule has 0 amide bonds. The van der Waals surface area contributed by atoms with Crippen molar-refractivity contribution in [3.8, 4) is 0 Å². The number of halogens is 1. The summed E-state index contributed by atoms with van der Waals surface area (Å²) in [5.41, 5.74) is 3.39. The number of Topliss-reactive ketones (excluding diaryl/α,β-unsaturated/α-hetero) is 1. The SMILES string of the molecule is O=C(C1=CCc2ncc(Br)cc21)c1ccccc1. The van der Waals surface area contributed by atoms with Gasteiger partial charge in [-0.05, 0) is 22.0 Å². The molecular weight excluding hydrogens is 290 g/mol. The average molecular weight is 300 g/mol. The third-order valence-electron chi connectivity index (χ3n) is 3.01. The maximum atomic E-state index is 12.4. The first-order valence-electron chi connectivity index (χ1n) is 5.70. The van der Waals surface area contributed by atoms with Crippen molar-refractivity contribution >= 4 is 27.3 Å². The molecule has 2 aromatic rings. The van der Waals surface area contributed by atoms with E-state index >= 15 is 0 Å². The van der Waals surface area contributed by atoms with Crippen molar-refractivity contribution in [2.24, 2.45) is 0 Å². The number of carbonyl (C=O) groups excluding carboxylic acids is 1. The molecule has 0 atom stereocenters. The van der Waals surface area contributed by atoms with Crippen LogP contribution >= 0.6 is 15.9 Å². The van der Waals surface area contributed by atoms with Crippen LogP contribution in [0.5, 0.6) is 0 Å². The van der Waals surface area contributed by atoms with E-state index in [1.54, 1.807) is 6.20 Å². The third-order valence-corrected chi connectivity index (χ3v) is 3.44. The van der Waals surface area contributed by atoms with E-state index in [9.17, 15) is 4.79 Å². The van der Waals surface area contributed by atoms with Crippen LogP contribution < -0.4 is 0 Å². The number of hydrogen-bond acceptors (Lipinski definition) is 2. The smallest absolute Gasteiger partial charge is 0.193 e. The minimum atomic E-state index is 0.0641. The van der Waals surface area contributed by atoms with Crippen LogP contribution in [-0.2, 0) is 6.42 Å². The first kappa shape index (κ1) is 11.4. The Balaban J connectivity index is 2.02. The zero-order chi connectivity index (χ0) is 12.5. The monoisotopic (exact) mass is 299 g/mol. The zero-order valence-electron chi connectivity index (χ0n) is 9.56. The number of allylic oxidation sites excluding steroid dienone is 2. The normalized spacial score (nSPS) is 13.1. The Morgan fingerprint density at radius 1 is 1.22 bits per heavy atom. The molecule has 1 aliphatic carbocycles. The minimum absolute atomic E-state index is 0.0641. The van der Waals surface area contributed by atoms with Gasteiger partial charge in [0.25, 0.3) is 0 Å². The van der Waals surface area contributed by atoms with Crippen molar-refractivity contribution in [1.82, 2.24) is 4.98 Å². The first-order valence-corrected chi connectivity index (χ1v) is 6.50. The van der Waals surface area contributed by atoms with Gasteiger partial charge in [-0.15, -0.1) is 0 Å². The summed E-state index contributed by atoms with van der Waals surface area (Å²) in [7, 11) is 0. The highest BCUT2D eigenvalue weighted by molar-refractivity contribution is 9.10. The number of nitrogens with zero attached hydrogens (tertiary/aromatic N) is 1. The summed E-state index contributed by atoms with van der Waals surface area (Å²) in [4.78, 5) is 16.7. The van der Waals surface area contributed by atoms with Crippen LogP contribution in [-0.4, -0.2) is 10.8 Å². The number of carbonyl (C=O) groups is 1. The van der Waals surface area contributed by atoms with E-state index in [0.29, 0.717) is 0 Å². The van der Waals surface area contributed by atoms with Crippen LogP contribution in [0.25, 0.3) is 5.57 Å². The maximum absolute atomic E-state index is 12.4. The fourth-order valence-corrected chi connectivity index (χ4v) is 2.46. The van der Waals surface area contributed by atoms with Crippen LogP contribution in [0.1, 0.15) is 21.6 Å². The van der Waals surface area contributed by atoms with Gasteiger partial charge in [0, 0.05) is 33.8 Å². The summed E-state index contributed by atoms with van der Waals surface area (Å²) in [6.45, 7) is 0. The van der Waals surface area contributed by atoms with Gasteiger partial charge in [0.2, 0.25) is 0 Å². The molecule has 0 N–H and O–H groups in total. The summed E-state index contributed by atoms with van der Waals surface area (Å²) < 4.78 is 0.898. The second kappa shape index (κ2) is 4.50. The van der Waals surface area contributed by atoms with Crippen molar-refractivity contribution in [2.45, 2.75) is 6.42 Å². The van der Waals surface area contributed by atoms with Crippen molar-refractivity contribution in [3.05, 3.63) is 70.0 Å².